The molecule has 0 spiro atoms. The number of hydrogen-bond donors (Lipinski definition) is 1. The Labute approximate surface area is 117 Å². The molecule has 0 aromatic heterocycles. The first-order chi connectivity index (χ1) is 9.83. The monoisotopic (exact) mass is 268 g/mol. The molecule has 2 aliphatic rings. The molecule has 2 aromatic carbocycles. The molecule has 2 aromatic rings. The first kappa shape index (κ1) is 11.8. The third-order valence-electron chi connectivity index (χ3n) is 4.21. The summed E-state index contributed by atoms with van der Waals surface area (Å²) in [5.74, 6) is 2.36. The van der Waals surface area contributed by atoms with Crippen LogP contribution in [0.3, 0.4) is 0 Å². The highest BCUT2D eigenvalue weighted by atomic mass is 16.7. The Balaban J connectivity index is 1.52. The number of hydrogen-bond acceptors (Lipinski definition) is 3. The number of fused-ring (bicyclic) bond motifs is 1. The minimum Gasteiger partial charge on any atom is -0.454 e. The summed E-state index contributed by atoms with van der Waals surface area (Å²) in [5.41, 5.74) is 2.23. The standard InChI is InChI=1S/C17H16O3/c18-17(11-4-2-1-3-5-11)14-9-13(14)12-6-7-15-16(8-12)20-10-19-15/h1-8,13-14,17-18H,9-10H2. The second-order valence-corrected chi connectivity index (χ2v) is 5.47. The van der Waals surface area contributed by atoms with Crippen LogP contribution in [0.25, 0.3) is 0 Å². The van der Waals surface area contributed by atoms with Crippen molar-refractivity contribution in [1.82, 2.24) is 0 Å². The van der Waals surface area contributed by atoms with Crippen LogP contribution in [0.15, 0.2) is 48.5 Å². The Morgan fingerprint density at radius 1 is 1.00 bits per heavy atom. The Morgan fingerprint density at radius 2 is 1.80 bits per heavy atom. The fourth-order valence-corrected chi connectivity index (χ4v) is 2.99. The molecule has 0 saturated heterocycles. The van der Waals surface area contributed by atoms with Crippen LogP contribution < -0.4 is 9.47 Å². The molecule has 0 radical (unpaired) electrons. The van der Waals surface area contributed by atoms with Crippen molar-refractivity contribution in [2.24, 2.45) is 5.92 Å². The molecular formula is C17H16O3. The lowest BCUT2D eigenvalue weighted by Gasteiger charge is -2.10. The van der Waals surface area contributed by atoms with E-state index in [1.165, 1.54) is 5.56 Å². The first-order valence-electron chi connectivity index (χ1n) is 6.95. The van der Waals surface area contributed by atoms with E-state index < -0.39 is 0 Å². The molecule has 4 rings (SSSR count). The average molecular weight is 268 g/mol. The van der Waals surface area contributed by atoms with Gasteiger partial charge in [-0.15, -0.1) is 0 Å². The predicted octanol–water partition coefficient (Wildman–Crippen LogP) is 3.25. The van der Waals surface area contributed by atoms with E-state index in [2.05, 4.69) is 6.07 Å². The van der Waals surface area contributed by atoms with Crippen molar-refractivity contribution < 1.29 is 14.6 Å². The van der Waals surface area contributed by atoms with Gasteiger partial charge >= 0.3 is 0 Å². The highest BCUT2D eigenvalue weighted by Crippen LogP contribution is 2.55. The molecule has 0 bridgehead atoms. The molecule has 1 fully saturated rings. The van der Waals surface area contributed by atoms with Crippen molar-refractivity contribution in [3.63, 3.8) is 0 Å². The smallest absolute Gasteiger partial charge is 0.231 e. The lowest BCUT2D eigenvalue weighted by Crippen LogP contribution is -2.01. The average Bonchev–Trinajstić information content (AvgIpc) is 3.17. The Hall–Kier alpha value is -2.00. The third kappa shape index (κ3) is 1.95. The van der Waals surface area contributed by atoms with Crippen LogP contribution in [0.2, 0.25) is 0 Å². The van der Waals surface area contributed by atoms with Gasteiger partial charge in [-0.25, -0.2) is 0 Å². The van der Waals surface area contributed by atoms with Gasteiger partial charge in [0, 0.05) is 0 Å². The summed E-state index contributed by atoms with van der Waals surface area (Å²) in [4.78, 5) is 0. The fourth-order valence-electron chi connectivity index (χ4n) is 2.99. The quantitative estimate of drug-likeness (QED) is 0.928. The highest BCUT2D eigenvalue weighted by Gasteiger charge is 2.44. The van der Waals surface area contributed by atoms with Crippen LogP contribution in [0.5, 0.6) is 11.5 Å². The maximum Gasteiger partial charge on any atom is 0.231 e. The molecule has 3 unspecified atom stereocenters. The summed E-state index contributed by atoms with van der Waals surface area (Å²) in [5, 5.41) is 10.4. The summed E-state index contributed by atoms with van der Waals surface area (Å²) in [7, 11) is 0. The van der Waals surface area contributed by atoms with E-state index in [1.807, 2.05) is 42.5 Å². The van der Waals surface area contributed by atoms with Gasteiger partial charge in [-0.2, -0.15) is 0 Å². The van der Waals surface area contributed by atoms with E-state index in [-0.39, 0.29) is 6.10 Å². The minimum absolute atomic E-state index is 0.303. The van der Waals surface area contributed by atoms with Crippen molar-refractivity contribution in [2.75, 3.05) is 6.79 Å². The lowest BCUT2D eigenvalue weighted by molar-refractivity contribution is 0.151. The van der Waals surface area contributed by atoms with E-state index in [9.17, 15) is 5.11 Å². The fraction of sp³-hybridized carbons (Fsp3) is 0.294. The molecule has 102 valence electrons. The van der Waals surface area contributed by atoms with Gasteiger partial charge in [-0.05, 0) is 41.5 Å². The Kier molecular flexibility index (Phi) is 2.67. The molecule has 3 atom stereocenters. The van der Waals surface area contributed by atoms with Crippen molar-refractivity contribution in [3.8, 4) is 11.5 Å². The zero-order valence-electron chi connectivity index (χ0n) is 11.0. The van der Waals surface area contributed by atoms with Crippen molar-refractivity contribution in [2.45, 2.75) is 18.4 Å². The van der Waals surface area contributed by atoms with E-state index >= 15 is 0 Å². The van der Waals surface area contributed by atoms with Gasteiger partial charge in [0.1, 0.15) is 0 Å². The Bertz CT molecular complexity index is 623. The highest BCUT2D eigenvalue weighted by molar-refractivity contribution is 5.46. The van der Waals surface area contributed by atoms with Gasteiger partial charge < -0.3 is 14.6 Å². The van der Waals surface area contributed by atoms with Crippen LogP contribution in [0.1, 0.15) is 29.6 Å². The van der Waals surface area contributed by atoms with Crippen LogP contribution in [-0.4, -0.2) is 11.9 Å². The largest absolute Gasteiger partial charge is 0.454 e. The summed E-state index contributed by atoms with van der Waals surface area (Å²) >= 11 is 0. The zero-order chi connectivity index (χ0) is 13.5. The van der Waals surface area contributed by atoms with E-state index in [1.54, 1.807) is 0 Å². The van der Waals surface area contributed by atoms with Crippen molar-refractivity contribution in [3.05, 3.63) is 59.7 Å². The van der Waals surface area contributed by atoms with Gasteiger partial charge in [-0.3, -0.25) is 0 Å². The minimum atomic E-state index is -0.383. The van der Waals surface area contributed by atoms with Gasteiger partial charge in [0.05, 0.1) is 6.10 Å². The predicted molar refractivity (Wildman–Crippen MR) is 74.8 cm³/mol. The number of ether oxygens (including phenoxy) is 2. The third-order valence-corrected chi connectivity index (χ3v) is 4.21. The SMILES string of the molecule is OC(c1ccccc1)C1CC1c1ccc2c(c1)OCO2. The second kappa shape index (κ2) is 4.53. The van der Waals surface area contributed by atoms with Crippen LogP contribution in [0, 0.1) is 5.92 Å². The number of aliphatic hydroxyl groups excluding tert-OH is 1. The Morgan fingerprint density at radius 3 is 2.65 bits per heavy atom. The van der Waals surface area contributed by atoms with Gasteiger partial charge in [0.2, 0.25) is 6.79 Å². The van der Waals surface area contributed by atoms with Crippen LogP contribution in [-0.2, 0) is 0 Å². The molecule has 1 aliphatic heterocycles. The molecular weight excluding hydrogens is 252 g/mol. The van der Waals surface area contributed by atoms with Crippen molar-refractivity contribution in [1.29, 1.82) is 0 Å². The molecule has 0 amide bonds. The van der Waals surface area contributed by atoms with Crippen molar-refractivity contribution >= 4 is 0 Å². The number of benzene rings is 2. The molecule has 3 heteroatoms. The molecule has 1 saturated carbocycles. The molecule has 3 nitrogen and oxygen atoms in total. The summed E-state index contributed by atoms with van der Waals surface area (Å²) in [6, 6.07) is 16.0. The summed E-state index contributed by atoms with van der Waals surface area (Å²) in [6.07, 6.45) is 0.641. The van der Waals surface area contributed by atoms with Gasteiger partial charge in [0.15, 0.2) is 11.5 Å². The topological polar surface area (TPSA) is 38.7 Å². The molecule has 1 aliphatic carbocycles. The number of rotatable bonds is 3. The normalized spacial score (nSPS) is 24.4. The lowest BCUT2D eigenvalue weighted by atomic mass is 10.0. The van der Waals surface area contributed by atoms with Crippen LogP contribution in [0.4, 0.5) is 0 Å². The van der Waals surface area contributed by atoms with Gasteiger partial charge in [-0.1, -0.05) is 36.4 Å². The van der Waals surface area contributed by atoms with E-state index in [4.69, 9.17) is 9.47 Å². The number of aliphatic hydroxyl groups is 1. The van der Waals surface area contributed by atoms with E-state index in [0.29, 0.717) is 18.6 Å². The summed E-state index contributed by atoms with van der Waals surface area (Å²) < 4.78 is 10.7. The molecule has 1 N–H and O–H groups in total. The van der Waals surface area contributed by atoms with E-state index in [0.717, 1.165) is 23.5 Å². The zero-order valence-corrected chi connectivity index (χ0v) is 11.0. The molecule has 1 heterocycles. The second-order valence-electron chi connectivity index (χ2n) is 5.47. The van der Waals surface area contributed by atoms with Crippen LogP contribution >= 0.6 is 0 Å². The molecule has 20 heavy (non-hydrogen) atoms. The maximum atomic E-state index is 10.4. The summed E-state index contributed by atoms with van der Waals surface area (Å²) in [6.45, 7) is 0.305. The van der Waals surface area contributed by atoms with Gasteiger partial charge in [0.25, 0.3) is 0 Å². The maximum absolute atomic E-state index is 10.4. The first-order valence-corrected chi connectivity index (χ1v) is 6.95.